The first-order chi connectivity index (χ1) is 28.8. The van der Waals surface area contributed by atoms with Crippen LogP contribution in [0, 0.1) is 11.8 Å². The monoisotopic (exact) mass is 838 g/mol. The van der Waals surface area contributed by atoms with Crippen molar-refractivity contribution in [3.8, 4) is 0 Å². The summed E-state index contributed by atoms with van der Waals surface area (Å²) in [6.07, 6.45) is 45.9. The van der Waals surface area contributed by atoms with E-state index < -0.39 is 5.79 Å². The van der Waals surface area contributed by atoms with Gasteiger partial charge < -0.3 is 24.6 Å². The molecular weight excluding hydrogens is 731 g/mol. The van der Waals surface area contributed by atoms with Crippen LogP contribution in [0.3, 0.4) is 0 Å². The van der Waals surface area contributed by atoms with E-state index in [0.29, 0.717) is 31.5 Å². The van der Waals surface area contributed by atoms with Gasteiger partial charge >= 0.3 is 5.97 Å². The number of hydrogen-bond acceptors (Lipinski definition) is 6. The molecule has 0 aromatic heterocycles. The Morgan fingerprint density at radius 2 is 0.831 bits per heavy atom. The van der Waals surface area contributed by atoms with E-state index in [1.807, 2.05) is 6.92 Å². The minimum absolute atomic E-state index is 0.0102. The Kier molecular flexibility index (Phi) is 44.8. The molecule has 0 saturated heterocycles. The molecule has 0 rings (SSSR count). The Morgan fingerprint density at radius 3 is 1.29 bits per heavy atom. The number of hydrogen-bond donors (Lipinski definition) is 2. The fourth-order valence-electron chi connectivity index (χ4n) is 8.66. The van der Waals surface area contributed by atoms with Crippen LogP contribution in [0.2, 0.25) is 0 Å². The van der Waals surface area contributed by atoms with E-state index in [4.69, 9.17) is 9.47 Å². The van der Waals surface area contributed by atoms with Gasteiger partial charge in [0.05, 0.1) is 13.2 Å². The second-order valence-electron chi connectivity index (χ2n) is 19.0. The minimum Gasteiger partial charge on any atom is -0.465 e. The average molecular weight is 838 g/mol. The number of unbranched alkanes of at least 4 members (excludes halogenated alkanes) is 25. The quantitative estimate of drug-likeness (QED) is 0.0361. The van der Waals surface area contributed by atoms with Gasteiger partial charge in [0, 0.05) is 19.4 Å². The van der Waals surface area contributed by atoms with Gasteiger partial charge in [0.25, 0.3) is 0 Å². The fraction of sp³-hybridized carbons (Fsp3) is 0.981. The highest BCUT2D eigenvalue weighted by atomic mass is 16.6. The number of aliphatic hydroxyl groups is 2. The van der Waals surface area contributed by atoms with Crippen LogP contribution in [-0.2, 0) is 14.3 Å². The lowest BCUT2D eigenvalue weighted by molar-refractivity contribution is -0.202. The van der Waals surface area contributed by atoms with Crippen molar-refractivity contribution in [3.05, 3.63) is 0 Å². The minimum atomic E-state index is -1.01. The maximum Gasteiger partial charge on any atom is 0.305 e. The van der Waals surface area contributed by atoms with Crippen molar-refractivity contribution < 1.29 is 24.5 Å². The van der Waals surface area contributed by atoms with Gasteiger partial charge in [-0.3, -0.25) is 4.79 Å². The van der Waals surface area contributed by atoms with Gasteiger partial charge in [0.15, 0.2) is 5.79 Å². The van der Waals surface area contributed by atoms with Crippen LogP contribution in [0.1, 0.15) is 279 Å². The topological polar surface area (TPSA) is 79.2 Å². The van der Waals surface area contributed by atoms with E-state index in [1.165, 1.54) is 193 Å². The molecule has 6 heteroatoms. The number of esters is 1. The van der Waals surface area contributed by atoms with E-state index in [1.54, 1.807) is 0 Å². The molecule has 0 spiro atoms. The maximum atomic E-state index is 12.6. The third-order valence-corrected chi connectivity index (χ3v) is 12.8. The third kappa shape index (κ3) is 42.4. The summed E-state index contributed by atoms with van der Waals surface area (Å²) in [6.45, 7) is 15.9. The lowest BCUT2D eigenvalue weighted by Crippen LogP contribution is -2.30. The summed E-state index contributed by atoms with van der Waals surface area (Å²) >= 11 is 0. The maximum absolute atomic E-state index is 12.6. The molecule has 0 aliphatic carbocycles. The van der Waals surface area contributed by atoms with Crippen LogP contribution >= 0.6 is 0 Å². The largest absolute Gasteiger partial charge is 0.465 e. The van der Waals surface area contributed by atoms with E-state index in [2.05, 4.69) is 32.6 Å². The van der Waals surface area contributed by atoms with Gasteiger partial charge in [-0.15, -0.1) is 0 Å². The standard InChI is InChI=1S/C53H107NO5/c1-6-10-14-18-22-30-39-50(38-28-16-12-8-3)48-58-52(56)42-32-24-20-26-34-44-54(46-36-37-47-55)45-35-27-21-25-33-43-53(5,57)59-49-51(40-29-17-13-9-4)41-31-23-19-15-11-7-2/h50-51,55,57H,6-49H2,1-5H3. The zero-order valence-corrected chi connectivity index (χ0v) is 40.8. The summed E-state index contributed by atoms with van der Waals surface area (Å²) in [5.41, 5.74) is 0. The van der Waals surface area contributed by atoms with Crippen molar-refractivity contribution in [1.29, 1.82) is 0 Å². The molecule has 0 aromatic rings. The van der Waals surface area contributed by atoms with Crippen LogP contribution in [0.15, 0.2) is 0 Å². The summed E-state index contributed by atoms with van der Waals surface area (Å²) in [5, 5.41) is 20.4. The molecule has 0 saturated carbocycles. The Labute approximate surface area is 369 Å². The van der Waals surface area contributed by atoms with Crippen LogP contribution < -0.4 is 0 Å². The van der Waals surface area contributed by atoms with Crippen molar-refractivity contribution in [2.24, 2.45) is 11.8 Å². The molecule has 0 fully saturated rings. The van der Waals surface area contributed by atoms with Crippen molar-refractivity contribution in [3.63, 3.8) is 0 Å². The summed E-state index contributed by atoms with van der Waals surface area (Å²) in [7, 11) is 0. The summed E-state index contributed by atoms with van der Waals surface area (Å²) in [6, 6.07) is 0. The molecular formula is C53H107NO5. The van der Waals surface area contributed by atoms with Gasteiger partial charge in [-0.05, 0) is 103 Å². The molecule has 3 unspecified atom stereocenters. The van der Waals surface area contributed by atoms with Gasteiger partial charge in [0.2, 0.25) is 0 Å². The summed E-state index contributed by atoms with van der Waals surface area (Å²) in [4.78, 5) is 15.2. The van der Waals surface area contributed by atoms with E-state index >= 15 is 0 Å². The van der Waals surface area contributed by atoms with Crippen LogP contribution in [-0.4, -0.2) is 66.3 Å². The fourth-order valence-corrected chi connectivity index (χ4v) is 8.66. The summed E-state index contributed by atoms with van der Waals surface area (Å²) in [5.74, 6) is 0.111. The first-order valence-corrected chi connectivity index (χ1v) is 26.7. The van der Waals surface area contributed by atoms with Gasteiger partial charge in [0.1, 0.15) is 0 Å². The molecule has 59 heavy (non-hydrogen) atoms. The third-order valence-electron chi connectivity index (χ3n) is 12.8. The molecule has 0 aliphatic heterocycles. The highest BCUT2D eigenvalue weighted by Crippen LogP contribution is 2.24. The zero-order valence-electron chi connectivity index (χ0n) is 40.8. The molecule has 0 bridgehead atoms. The SMILES string of the molecule is CCCCCCCCC(CCCCCC)COC(=O)CCCCCCCN(CCCCO)CCCCCCCC(C)(O)OCC(CCCCCC)CCCCCCCC. The Morgan fingerprint density at radius 1 is 0.475 bits per heavy atom. The van der Waals surface area contributed by atoms with Crippen LogP contribution in [0.25, 0.3) is 0 Å². The van der Waals surface area contributed by atoms with Crippen molar-refractivity contribution in [1.82, 2.24) is 4.90 Å². The molecule has 354 valence electrons. The Bertz CT molecular complexity index is 837. The van der Waals surface area contributed by atoms with Crippen molar-refractivity contribution in [2.45, 2.75) is 284 Å². The molecule has 0 aromatic carbocycles. The molecule has 0 amide bonds. The van der Waals surface area contributed by atoms with Crippen LogP contribution in [0.5, 0.6) is 0 Å². The Hall–Kier alpha value is -0.690. The number of carbonyl (C=O) groups excluding carboxylic acids is 1. The van der Waals surface area contributed by atoms with Gasteiger partial charge in [-0.25, -0.2) is 0 Å². The highest BCUT2D eigenvalue weighted by molar-refractivity contribution is 5.69. The lowest BCUT2D eigenvalue weighted by atomic mass is 9.95. The number of ether oxygens (including phenoxy) is 2. The zero-order chi connectivity index (χ0) is 43.3. The molecule has 2 N–H and O–H groups in total. The number of carbonyl (C=O) groups is 1. The predicted octanol–water partition coefficient (Wildman–Crippen LogP) is 15.7. The van der Waals surface area contributed by atoms with E-state index in [-0.39, 0.29) is 12.6 Å². The normalized spacial score (nSPS) is 13.9. The second kappa shape index (κ2) is 45.3. The predicted molar refractivity (Wildman–Crippen MR) is 256 cm³/mol. The molecule has 0 aliphatic rings. The Balaban J connectivity index is 4.30. The smallest absolute Gasteiger partial charge is 0.305 e. The highest BCUT2D eigenvalue weighted by Gasteiger charge is 2.22. The number of nitrogens with zero attached hydrogens (tertiary/aromatic N) is 1. The van der Waals surface area contributed by atoms with Gasteiger partial charge in [-0.1, -0.05) is 195 Å². The van der Waals surface area contributed by atoms with E-state index in [0.717, 1.165) is 64.6 Å². The average Bonchev–Trinajstić information content (AvgIpc) is 3.22. The molecule has 0 radical (unpaired) electrons. The number of rotatable bonds is 49. The molecule has 3 atom stereocenters. The van der Waals surface area contributed by atoms with Crippen molar-refractivity contribution in [2.75, 3.05) is 39.5 Å². The van der Waals surface area contributed by atoms with Gasteiger partial charge in [-0.2, -0.15) is 0 Å². The first kappa shape index (κ1) is 58.3. The lowest BCUT2D eigenvalue weighted by Gasteiger charge is -2.27. The van der Waals surface area contributed by atoms with Crippen molar-refractivity contribution >= 4 is 5.97 Å². The summed E-state index contributed by atoms with van der Waals surface area (Å²) < 4.78 is 12.0. The first-order valence-electron chi connectivity index (χ1n) is 26.7. The van der Waals surface area contributed by atoms with E-state index in [9.17, 15) is 15.0 Å². The second-order valence-corrected chi connectivity index (χ2v) is 19.0. The molecule has 6 nitrogen and oxygen atoms in total. The number of aliphatic hydroxyl groups excluding tert-OH is 1. The molecule has 0 heterocycles. The van der Waals surface area contributed by atoms with Crippen LogP contribution in [0.4, 0.5) is 0 Å².